The smallest absolute Gasteiger partial charge is 0.272 e. The summed E-state index contributed by atoms with van der Waals surface area (Å²) in [6.07, 6.45) is 4.44. The molecule has 96 valence electrons. The molecule has 0 N–H and O–H groups in total. The molecular formula is C14H17BrN2O. The van der Waals surface area contributed by atoms with E-state index >= 15 is 0 Å². The van der Waals surface area contributed by atoms with E-state index < -0.39 is 0 Å². The highest BCUT2D eigenvalue weighted by Gasteiger charge is 2.42. The van der Waals surface area contributed by atoms with Crippen LogP contribution in [0, 0.1) is 6.92 Å². The third-order valence-corrected chi connectivity index (χ3v) is 4.77. The Morgan fingerprint density at radius 3 is 2.61 bits per heavy atom. The number of amides is 1. The molecule has 0 radical (unpaired) electrons. The second-order valence-corrected chi connectivity index (χ2v) is 6.63. The van der Waals surface area contributed by atoms with Gasteiger partial charge in [0.1, 0.15) is 5.69 Å². The fourth-order valence-electron chi connectivity index (χ4n) is 3.24. The maximum absolute atomic E-state index is 12.6. The molecule has 0 spiro atoms. The number of hydrogen-bond acceptors (Lipinski definition) is 2. The lowest BCUT2D eigenvalue weighted by atomic mass is 10.0. The molecule has 2 aliphatic rings. The zero-order valence-corrected chi connectivity index (χ0v) is 12.1. The summed E-state index contributed by atoms with van der Waals surface area (Å²) in [7, 11) is 0. The summed E-state index contributed by atoms with van der Waals surface area (Å²) in [6, 6.07) is 6.48. The highest BCUT2D eigenvalue weighted by molar-refractivity contribution is 9.09. The number of fused-ring (bicyclic) bond motifs is 2. The van der Waals surface area contributed by atoms with Crippen LogP contribution in [0.15, 0.2) is 18.2 Å². The van der Waals surface area contributed by atoms with E-state index in [1.54, 1.807) is 0 Å². The second kappa shape index (κ2) is 4.65. The molecule has 3 heterocycles. The van der Waals surface area contributed by atoms with E-state index in [0.717, 1.165) is 31.4 Å². The van der Waals surface area contributed by atoms with Crippen molar-refractivity contribution in [3.05, 3.63) is 29.6 Å². The molecule has 2 fully saturated rings. The van der Waals surface area contributed by atoms with Crippen molar-refractivity contribution < 1.29 is 4.79 Å². The monoisotopic (exact) mass is 308 g/mol. The van der Waals surface area contributed by atoms with Gasteiger partial charge in [0.25, 0.3) is 5.91 Å². The van der Waals surface area contributed by atoms with Crippen LogP contribution in [0.25, 0.3) is 0 Å². The lowest BCUT2D eigenvalue weighted by molar-refractivity contribution is 0.0597. The van der Waals surface area contributed by atoms with Gasteiger partial charge >= 0.3 is 0 Å². The first kappa shape index (κ1) is 12.2. The van der Waals surface area contributed by atoms with Crippen molar-refractivity contribution >= 4 is 21.8 Å². The zero-order valence-electron chi connectivity index (χ0n) is 10.5. The molecule has 3 nitrogen and oxygen atoms in total. The fourth-order valence-corrected chi connectivity index (χ4v) is 4.10. The van der Waals surface area contributed by atoms with Gasteiger partial charge in [-0.15, -0.1) is 0 Å². The highest BCUT2D eigenvalue weighted by atomic mass is 79.9. The molecule has 0 aliphatic carbocycles. The normalized spacial score (nSPS) is 30.6. The number of piperidine rings is 1. The number of halogens is 1. The van der Waals surface area contributed by atoms with E-state index in [2.05, 4.69) is 25.8 Å². The van der Waals surface area contributed by atoms with Gasteiger partial charge in [0.2, 0.25) is 0 Å². The summed E-state index contributed by atoms with van der Waals surface area (Å²) in [6.45, 7) is 1.93. The Kier molecular flexibility index (Phi) is 3.14. The molecule has 3 rings (SSSR count). The largest absolute Gasteiger partial charge is 0.331 e. The minimum Gasteiger partial charge on any atom is -0.331 e. The fraction of sp³-hybridized carbons (Fsp3) is 0.571. The molecular weight excluding hydrogens is 292 g/mol. The molecule has 0 aromatic carbocycles. The standard InChI is InChI=1S/C14H17BrN2O/c1-9-3-2-4-13(16-9)14(18)17-11-5-6-12(17)8-10(15)7-11/h2-4,10-12H,5-8H2,1H3. The van der Waals surface area contributed by atoms with Gasteiger partial charge in [-0.05, 0) is 44.7 Å². The molecule has 0 saturated carbocycles. The van der Waals surface area contributed by atoms with E-state index in [9.17, 15) is 4.79 Å². The zero-order chi connectivity index (χ0) is 12.7. The van der Waals surface area contributed by atoms with Crippen LogP contribution in [0.1, 0.15) is 41.9 Å². The van der Waals surface area contributed by atoms with Crippen LogP contribution < -0.4 is 0 Å². The van der Waals surface area contributed by atoms with Crippen LogP contribution in [-0.2, 0) is 0 Å². The number of alkyl halides is 1. The Balaban J connectivity index is 1.85. The van der Waals surface area contributed by atoms with Gasteiger partial charge in [-0.2, -0.15) is 0 Å². The predicted molar refractivity (Wildman–Crippen MR) is 73.9 cm³/mol. The van der Waals surface area contributed by atoms with Crippen molar-refractivity contribution in [1.29, 1.82) is 0 Å². The number of aromatic nitrogens is 1. The number of carbonyl (C=O) groups is 1. The Hall–Kier alpha value is -0.900. The molecule has 2 atom stereocenters. The number of pyridine rings is 1. The number of rotatable bonds is 1. The minimum atomic E-state index is 0.116. The SMILES string of the molecule is Cc1cccc(C(=O)N2C3CCC2CC(Br)C3)n1. The minimum absolute atomic E-state index is 0.116. The van der Waals surface area contributed by atoms with E-state index in [0.29, 0.717) is 22.6 Å². The molecule has 2 unspecified atom stereocenters. The van der Waals surface area contributed by atoms with E-state index in [1.165, 1.54) is 0 Å². The molecule has 1 aromatic rings. The Morgan fingerprint density at radius 1 is 1.33 bits per heavy atom. The van der Waals surface area contributed by atoms with Crippen molar-refractivity contribution in [2.75, 3.05) is 0 Å². The van der Waals surface area contributed by atoms with Crippen molar-refractivity contribution in [1.82, 2.24) is 9.88 Å². The Morgan fingerprint density at radius 2 is 2.00 bits per heavy atom. The summed E-state index contributed by atoms with van der Waals surface area (Å²) >= 11 is 3.70. The molecule has 2 aliphatic heterocycles. The first-order valence-corrected chi connectivity index (χ1v) is 7.47. The maximum atomic E-state index is 12.6. The van der Waals surface area contributed by atoms with E-state index in [1.807, 2.05) is 25.1 Å². The van der Waals surface area contributed by atoms with Gasteiger partial charge in [-0.3, -0.25) is 4.79 Å². The molecule has 4 heteroatoms. The van der Waals surface area contributed by atoms with Gasteiger partial charge in [0.05, 0.1) is 0 Å². The van der Waals surface area contributed by atoms with Crippen molar-refractivity contribution in [2.24, 2.45) is 0 Å². The topological polar surface area (TPSA) is 33.2 Å². The van der Waals surface area contributed by atoms with Gasteiger partial charge in [0.15, 0.2) is 0 Å². The quantitative estimate of drug-likeness (QED) is 0.747. The van der Waals surface area contributed by atoms with Crippen LogP contribution in [-0.4, -0.2) is 32.7 Å². The van der Waals surface area contributed by atoms with Crippen LogP contribution in [0.3, 0.4) is 0 Å². The van der Waals surface area contributed by atoms with Gasteiger partial charge in [-0.25, -0.2) is 4.98 Å². The summed E-state index contributed by atoms with van der Waals surface area (Å²) in [5, 5.41) is 0. The second-order valence-electron chi connectivity index (χ2n) is 5.33. The molecule has 1 aromatic heterocycles. The summed E-state index contributed by atoms with van der Waals surface area (Å²) in [4.78, 5) is 19.6. The lowest BCUT2D eigenvalue weighted by Gasteiger charge is -2.37. The van der Waals surface area contributed by atoms with Gasteiger partial charge in [-0.1, -0.05) is 22.0 Å². The molecule has 2 saturated heterocycles. The summed E-state index contributed by atoms with van der Waals surface area (Å²) < 4.78 is 0. The van der Waals surface area contributed by atoms with Crippen molar-refractivity contribution in [3.63, 3.8) is 0 Å². The first-order chi connectivity index (χ1) is 8.65. The number of aryl methyl sites for hydroxylation is 1. The number of nitrogens with zero attached hydrogens (tertiary/aromatic N) is 2. The van der Waals surface area contributed by atoms with E-state index in [-0.39, 0.29) is 5.91 Å². The number of carbonyl (C=O) groups excluding carboxylic acids is 1. The summed E-state index contributed by atoms with van der Waals surface area (Å²) in [5.41, 5.74) is 1.50. The first-order valence-electron chi connectivity index (χ1n) is 6.55. The predicted octanol–water partition coefficient (Wildman–Crippen LogP) is 2.92. The third-order valence-electron chi connectivity index (χ3n) is 4.02. The van der Waals surface area contributed by atoms with Crippen LogP contribution >= 0.6 is 15.9 Å². The van der Waals surface area contributed by atoms with E-state index in [4.69, 9.17) is 0 Å². The van der Waals surface area contributed by atoms with Crippen molar-refractivity contribution in [2.45, 2.75) is 49.5 Å². The lowest BCUT2D eigenvalue weighted by Crippen LogP contribution is -2.47. The van der Waals surface area contributed by atoms with Gasteiger partial charge in [0, 0.05) is 22.6 Å². The van der Waals surface area contributed by atoms with Crippen LogP contribution in [0.2, 0.25) is 0 Å². The average Bonchev–Trinajstić information content (AvgIpc) is 2.61. The van der Waals surface area contributed by atoms with Crippen LogP contribution in [0.5, 0.6) is 0 Å². The summed E-state index contributed by atoms with van der Waals surface area (Å²) in [5.74, 6) is 0.116. The third kappa shape index (κ3) is 2.07. The Bertz CT molecular complexity index is 463. The van der Waals surface area contributed by atoms with Crippen molar-refractivity contribution in [3.8, 4) is 0 Å². The average molecular weight is 309 g/mol. The molecule has 18 heavy (non-hydrogen) atoms. The maximum Gasteiger partial charge on any atom is 0.272 e. The van der Waals surface area contributed by atoms with Crippen LogP contribution in [0.4, 0.5) is 0 Å². The van der Waals surface area contributed by atoms with Gasteiger partial charge < -0.3 is 4.90 Å². The Labute approximate surface area is 116 Å². The number of hydrogen-bond donors (Lipinski definition) is 0. The molecule has 2 bridgehead atoms. The highest BCUT2D eigenvalue weighted by Crippen LogP contribution is 2.39. The molecule has 1 amide bonds.